The number of hydrogen-bond acceptors (Lipinski definition) is 5. The van der Waals surface area contributed by atoms with Crippen LogP contribution in [0.4, 0.5) is 0 Å². The summed E-state index contributed by atoms with van der Waals surface area (Å²) in [5, 5.41) is 14.8. The van der Waals surface area contributed by atoms with E-state index < -0.39 is 23.4 Å². The van der Waals surface area contributed by atoms with E-state index in [4.69, 9.17) is 9.84 Å². The molecule has 0 spiro atoms. The SMILES string of the molecule is C=CCC[C@H](Cc1ccccc1)C(=O)OC[C@@H](NC(=O)[C@H](CC=C)CC(=O)N[C@@H](C)CO)C(C)(C)C. The fourth-order valence-electron chi connectivity index (χ4n) is 3.69. The highest BCUT2D eigenvalue weighted by molar-refractivity contribution is 5.86. The summed E-state index contributed by atoms with van der Waals surface area (Å²) in [6.45, 7) is 14.9. The number of hydrogen-bond donors (Lipinski definition) is 3. The molecule has 0 saturated carbocycles. The third kappa shape index (κ3) is 11.7. The zero-order valence-electron chi connectivity index (χ0n) is 22.3. The lowest BCUT2D eigenvalue weighted by Crippen LogP contribution is -2.50. The van der Waals surface area contributed by atoms with Crippen LogP contribution in [-0.4, -0.2) is 48.2 Å². The molecule has 36 heavy (non-hydrogen) atoms. The van der Waals surface area contributed by atoms with E-state index in [-0.39, 0.29) is 43.3 Å². The molecule has 0 aliphatic rings. The van der Waals surface area contributed by atoms with E-state index in [2.05, 4.69) is 23.8 Å². The molecule has 1 aromatic carbocycles. The minimum atomic E-state index is -0.618. The highest BCUT2D eigenvalue weighted by Gasteiger charge is 2.32. The first-order valence-corrected chi connectivity index (χ1v) is 12.6. The number of amides is 2. The van der Waals surface area contributed by atoms with Crippen LogP contribution >= 0.6 is 0 Å². The summed E-state index contributed by atoms with van der Waals surface area (Å²) in [5.74, 6) is -1.85. The molecule has 0 radical (unpaired) electrons. The van der Waals surface area contributed by atoms with Crippen LogP contribution in [0, 0.1) is 17.3 Å². The van der Waals surface area contributed by atoms with Gasteiger partial charge in [0.15, 0.2) is 0 Å². The molecular formula is C29H44N2O5. The van der Waals surface area contributed by atoms with Crippen molar-refractivity contribution < 1.29 is 24.2 Å². The number of carbonyl (C=O) groups excluding carboxylic acids is 3. The molecule has 1 rings (SSSR count). The third-order valence-corrected chi connectivity index (χ3v) is 6.07. The van der Waals surface area contributed by atoms with Crippen LogP contribution in [0.1, 0.15) is 58.9 Å². The molecule has 7 heteroatoms. The molecule has 1 aromatic rings. The van der Waals surface area contributed by atoms with Gasteiger partial charge in [-0.2, -0.15) is 0 Å². The van der Waals surface area contributed by atoms with E-state index in [1.165, 1.54) is 0 Å². The molecule has 0 aromatic heterocycles. The van der Waals surface area contributed by atoms with Crippen molar-refractivity contribution >= 4 is 17.8 Å². The number of aliphatic hydroxyl groups excluding tert-OH is 1. The maximum Gasteiger partial charge on any atom is 0.309 e. The molecule has 0 aliphatic heterocycles. The molecule has 3 N–H and O–H groups in total. The van der Waals surface area contributed by atoms with Gasteiger partial charge in [-0.1, -0.05) is 63.3 Å². The van der Waals surface area contributed by atoms with Crippen molar-refractivity contribution in [3.63, 3.8) is 0 Å². The topological polar surface area (TPSA) is 105 Å². The smallest absolute Gasteiger partial charge is 0.309 e. The summed E-state index contributed by atoms with van der Waals surface area (Å²) in [4.78, 5) is 38.4. The molecule has 200 valence electrons. The van der Waals surface area contributed by atoms with E-state index in [1.54, 1.807) is 19.1 Å². The molecule has 0 bridgehead atoms. The first-order chi connectivity index (χ1) is 17.0. The van der Waals surface area contributed by atoms with Crippen LogP contribution in [0.5, 0.6) is 0 Å². The van der Waals surface area contributed by atoms with Gasteiger partial charge in [0.2, 0.25) is 11.8 Å². The van der Waals surface area contributed by atoms with Gasteiger partial charge in [0.05, 0.1) is 24.5 Å². The van der Waals surface area contributed by atoms with Gasteiger partial charge in [0.25, 0.3) is 0 Å². The van der Waals surface area contributed by atoms with Crippen LogP contribution in [0.25, 0.3) is 0 Å². The molecular weight excluding hydrogens is 456 g/mol. The molecule has 0 heterocycles. The van der Waals surface area contributed by atoms with Gasteiger partial charge in [0, 0.05) is 12.5 Å². The Morgan fingerprint density at radius 2 is 1.72 bits per heavy atom. The van der Waals surface area contributed by atoms with E-state index >= 15 is 0 Å². The second kappa shape index (κ2) is 15.9. The van der Waals surface area contributed by atoms with Crippen LogP contribution in [-0.2, 0) is 25.5 Å². The Morgan fingerprint density at radius 3 is 2.28 bits per heavy atom. The van der Waals surface area contributed by atoms with Crippen molar-refractivity contribution in [1.29, 1.82) is 0 Å². The molecule has 0 unspecified atom stereocenters. The average Bonchev–Trinajstić information content (AvgIpc) is 2.83. The molecule has 0 aliphatic carbocycles. The van der Waals surface area contributed by atoms with Crippen molar-refractivity contribution in [3.8, 4) is 0 Å². The first kappa shape index (κ1) is 31.1. The minimum absolute atomic E-state index is 0.0282. The Kier molecular flexibility index (Phi) is 13.8. The Balaban J connectivity index is 2.86. The Morgan fingerprint density at radius 1 is 1.06 bits per heavy atom. The van der Waals surface area contributed by atoms with Crippen molar-refractivity contribution in [1.82, 2.24) is 10.6 Å². The summed E-state index contributed by atoms with van der Waals surface area (Å²) in [6.07, 6.45) is 5.60. The summed E-state index contributed by atoms with van der Waals surface area (Å²) in [6, 6.07) is 8.97. The number of benzene rings is 1. The summed E-state index contributed by atoms with van der Waals surface area (Å²) in [5.41, 5.74) is 0.670. The highest BCUT2D eigenvalue weighted by atomic mass is 16.5. The van der Waals surface area contributed by atoms with Gasteiger partial charge in [-0.05, 0) is 43.6 Å². The first-order valence-electron chi connectivity index (χ1n) is 12.6. The van der Waals surface area contributed by atoms with Gasteiger partial charge in [-0.3, -0.25) is 14.4 Å². The maximum absolute atomic E-state index is 13.1. The Bertz CT molecular complexity index is 847. The fraction of sp³-hybridized carbons (Fsp3) is 0.552. The molecule has 2 amide bonds. The zero-order valence-corrected chi connectivity index (χ0v) is 22.3. The predicted molar refractivity (Wildman–Crippen MR) is 143 cm³/mol. The number of aliphatic hydroxyl groups is 1. The van der Waals surface area contributed by atoms with Crippen molar-refractivity contribution in [2.75, 3.05) is 13.2 Å². The van der Waals surface area contributed by atoms with Gasteiger partial charge < -0.3 is 20.5 Å². The van der Waals surface area contributed by atoms with Crippen molar-refractivity contribution in [3.05, 3.63) is 61.2 Å². The molecule has 0 fully saturated rings. The normalized spacial score (nSPS) is 14.6. The summed E-state index contributed by atoms with van der Waals surface area (Å²) < 4.78 is 5.74. The lowest BCUT2D eigenvalue weighted by Gasteiger charge is -2.32. The quantitative estimate of drug-likeness (QED) is 0.235. The van der Waals surface area contributed by atoms with E-state index in [1.807, 2.05) is 51.1 Å². The fourth-order valence-corrected chi connectivity index (χ4v) is 3.69. The van der Waals surface area contributed by atoms with Crippen LogP contribution in [0.15, 0.2) is 55.6 Å². The van der Waals surface area contributed by atoms with Crippen LogP contribution in [0.2, 0.25) is 0 Å². The number of allylic oxidation sites excluding steroid dienone is 2. The highest BCUT2D eigenvalue weighted by Crippen LogP contribution is 2.23. The number of nitrogens with one attached hydrogen (secondary N) is 2. The standard InChI is InChI=1S/C29H44N2O5/c1-7-9-16-24(17-22-14-11-10-12-15-22)28(35)36-20-25(29(4,5)6)31-27(34)23(13-8-2)18-26(33)30-21(3)19-32/h7-8,10-12,14-15,21,23-25,32H,1-2,9,13,16-20H2,3-6H3,(H,30,33)(H,31,34)/t21-,23+,24+,25+/m0/s1. The number of ether oxygens (including phenoxy) is 1. The zero-order chi connectivity index (χ0) is 27.1. The third-order valence-electron chi connectivity index (χ3n) is 6.07. The number of rotatable bonds is 16. The Hall–Kier alpha value is -2.93. The van der Waals surface area contributed by atoms with Crippen molar-refractivity contribution in [2.45, 2.75) is 71.9 Å². The van der Waals surface area contributed by atoms with E-state index in [0.717, 1.165) is 5.56 Å². The van der Waals surface area contributed by atoms with Crippen LogP contribution < -0.4 is 10.6 Å². The maximum atomic E-state index is 13.1. The van der Waals surface area contributed by atoms with Crippen molar-refractivity contribution in [2.24, 2.45) is 17.3 Å². The minimum Gasteiger partial charge on any atom is -0.463 e. The van der Waals surface area contributed by atoms with E-state index in [0.29, 0.717) is 25.7 Å². The lowest BCUT2D eigenvalue weighted by atomic mass is 9.86. The number of esters is 1. The molecule has 0 saturated heterocycles. The number of carbonyl (C=O) groups is 3. The predicted octanol–water partition coefficient (Wildman–Crippen LogP) is 3.97. The largest absolute Gasteiger partial charge is 0.463 e. The lowest BCUT2D eigenvalue weighted by molar-refractivity contribution is -0.151. The van der Waals surface area contributed by atoms with Gasteiger partial charge >= 0.3 is 5.97 Å². The average molecular weight is 501 g/mol. The second-order valence-corrected chi connectivity index (χ2v) is 10.4. The summed E-state index contributed by atoms with van der Waals surface area (Å²) >= 11 is 0. The second-order valence-electron chi connectivity index (χ2n) is 10.4. The molecule has 7 nitrogen and oxygen atoms in total. The van der Waals surface area contributed by atoms with Gasteiger partial charge in [-0.25, -0.2) is 0 Å². The van der Waals surface area contributed by atoms with Crippen LogP contribution in [0.3, 0.4) is 0 Å². The van der Waals surface area contributed by atoms with Gasteiger partial charge in [0.1, 0.15) is 6.61 Å². The monoisotopic (exact) mass is 500 g/mol. The summed E-state index contributed by atoms with van der Waals surface area (Å²) in [7, 11) is 0. The Labute approximate surface area is 216 Å². The van der Waals surface area contributed by atoms with E-state index in [9.17, 15) is 14.4 Å². The molecule has 4 atom stereocenters. The van der Waals surface area contributed by atoms with Gasteiger partial charge in [-0.15, -0.1) is 13.2 Å².